The first-order chi connectivity index (χ1) is 7.58. The molecule has 0 saturated carbocycles. The van der Waals surface area contributed by atoms with Crippen molar-refractivity contribution in [2.24, 2.45) is 0 Å². The van der Waals surface area contributed by atoms with Gasteiger partial charge in [-0.3, -0.25) is 0 Å². The van der Waals surface area contributed by atoms with E-state index < -0.39 is 9.84 Å². The molecule has 0 aliphatic heterocycles. The van der Waals surface area contributed by atoms with E-state index in [2.05, 4.69) is 4.98 Å². The average Bonchev–Trinajstić information content (AvgIpc) is 2.70. The maximum Gasteiger partial charge on any atom is 0.185 e. The highest BCUT2D eigenvalue weighted by atomic mass is 35.5. The SMILES string of the molecule is O=S(=O)(Cc1cnco1)c1ccc(Cl)cc1. The summed E-state index contributed by atoms with van der Waals surface area (Å²) in [6.07, 6.45) is 2.58. The summed E-state index contributed by atoms with van der Waals surface area (Å²) in [5, 5.41) is 0.499. The van der Waals surface area contributed by atoms with Crippen LogP contribution in [0.4, 0.5) is 0 Å². The minimum absolute atomic E-state index is 0.200. The van der Waals surface area contributed by atoms with Crippen LogP contribution in [0.15, 0.2) is 46.2 Å². The van der Waals surface area contributed by atoms with Crippen molar-refractivity contribution in [1.82, 2.24) is 4.98 Å². The summed E-state index contributed by atoms with van der Waals surface area (Å²) in [5.74, 6) is 0.115. The molecule has 0 spiro atoms. The van der Waals surface area contributed by atoms with E-state index >= 15 is 0 Å². The molecule has 1 aromatic heterocycles. The molecule has 1 heterocycles. The molecule has 4 nitrogen and oxygen atoms in total. The number of benzene rings is 1. The number of halogens is 1. The molecule has 0 amide bonds. The van der Waals surface area contributed by atoms with Crippen LogP contribution in [0.1, 0.15) is 5.76 Å². The number of sulfone groups is 1. The van der Waals surface area contributed by atoms with E-state index in [1.165, 1.54) is 36.9 Å². The summed E-state index contributed by atoms with van der Waals surface area (Å²) < 4.78 is 28.7. The maximum absolute atomic E-state index is 11.9. The van der Waals surface area contributed by atoms with Crippen LogP contribution in [0.25, 0.3) is 0 Å². The lowest BCUT2D eigenvalue weighted by molar-refractivity contribution is 0.515. The molecule has 0 aliphatic carbocycles. The van der Waals surface area contributed by atoms with Crippen LogP contribution in [0, 0.1) is 0 Å². The zero-order valence-electron chi connectivity index (χ0n) is 8.13. The monoisotopic (exact) mass is 257 g/mol. The number of hydrogen-bond acceptors (Lipinski definition) is 4. The van der Waals surface area contributed by atoms with Crippen LogP contribution in [0.3, 0.4) is 0 Å². The molecule has 0 bridgehead atoms. The second-order valence-electron chi connectivity index (χ2n) is 3.18. The standard InChI is InChI=1S/C10H8ClNO3S/c11-8-1-3-10(4-2-8)16(13,14)6-9-5-12-7-15-9/h1-5,7H,6H2. The van der Waals surface area contributed by atoms with Crippen molar-refractivity contribution in [1.29, 1.82) is 0 Å². The van der Waals surface area contributed by atoms with Gasteiger partial charge in [-0.25, -0.2) is 13.4 Å². The molecule has 0 atom stereocenters. The number of rotatable bonds is 3. The molecular weight excluding hydrogens is 250 g/mol. The van der Waals surface area contributed by atoms with Gasteiger partial charge in [0.1, 0.15) is 11.5 Å². The third-order valence-electron chi connectivity index (χ3n) is 1.99. The lowest BCUT2D eigenvalue weighted by atomic mass is 10.4. The molecule has 84 valence electrons. The van der Waals surface area contributed by atoms with Crippen LogP contribution in [0.2, 0.25) is 5.02 Å². The molecule has 0 aliphatic rings. The molecule has 16 heavy (non-hydrogen) atoms. The van der Waals surface area contributed by atoms with Gasteiger partial charge in [-0.15, -0.1) is 0 Å². The fourth-order valence-corrected chi connectivity index (χ4v) is 2.59. The summed E-state index contributed by atoms with van der Waals surface area (Å²) >= 11 is 5.68. The zero-order valence-corrected chi connectivity index (χ0v) is 9.70. The van der Waals surface area contributed by atoms with Gasteiger partial charge in [0.05, 0.1) is 11.1 Å². The summed E-state index contributed by atoms with van der Waals surface area (Å²) in [6, 6.07) is 6.01. The predicted molar refractivity (Wildman–Crippen MR) is 58.8 cm³/mol. The van der Waals surface area contributed by atoms with Crippen LogP contribution in [-0.2, 0) is 15.6 Å². The van der Waals surface area contributed by atoms with Gasteiger partial charge in [-0.1, -0.05) is 11.6 Å². The van der Waals surface area contributed by atoms with Crippen LogP contribution < -0.4 is 0 Å². The third-order valence-corrected chi connectivity index (χ3v) is 3.90. The van der Waals surface area contributed by atoms with Gasteiger partial charge in [-0.05, 0) is 24.3 Å². The quantitative estimate of drug-likeness (QED) is 0.847. The average molecular weight is 258 g/mol. The molecule has 0 saturated heterocycles. The lowest BCUT2D eigenvalue weighted by Crippen LogP contribution is -2.03. The largest absolute Gasteiger partial charge is 0.447 e. The van der Waals surface area contributed by atoms with E-state index in [1.54, 1.807) is 0 Å². The number of hydrogen-bond donors (Lipinski definition) is 0. The Hall–Kier alpha value is -1.33. The molecule has 6 heteroatoms. The van der Waals surface area contributed by atoms with Gasteiger partial charge in [-0.2, -0.15) is 0 Å². The van der Waals surface area contributed by atoms with Crippen LogP contribution >= 0.6 is 11.6 Å². The van der Waals surface area contributed by atoms with E-state index in [1.807, 2.05) is 0 Å². The maximum atomic E-state index is 11.9. The lowest BCUT2D eigenvalue weighted by Gasteiger charge is -2.01. The highest BCUT2D eigenvalue weighted by Gasteiger charge is 2.16. The van der Waals surface area contributed by atoms with Crippen molar-refractivity contribution in [3.05, 3.63) is 47.6 Å². The smallest absolute Gasteiger partial charge is 0.185 e. The van der Waals surface area contributed by atoms with E-state index in [0.717, 1.165) is 0 Å². The molecule has 2 aromatic rings. The second kappa shape index (κ2) is 4.27. The summed E-state index contributed by atoms with van der Waals surface area (Å²) in [7, 11) is -3.39. The number of nitrogens with zero attached hydrogens (tertiary/aromatic N) is 1. The van der Waals surface area contributed by atoms with E-state index in [9.17, 15) is 8.42 Å². The number of aromatic nitrogens is 1. The number of oxazole rings is 1. The van der Waals surface area contributed by atoms with Gasteiger partial charge in [0.25, 0.3) is 0 Å². The Morgan fingerprint density at radius 1 is 1.25 bits per heavy atom. The Morgan fingerprint density at radius 2 is 1.94 bits per heavy atom. The first kappa shape index (κ1) is 11.2. The van der Waals surface area contributed by atoms with Crippen molar-refractivity contribution in [2.75, 3.05) is 0 Å². The Labute approximate surface area is 97.8 Å². The van der Waals surface area contributed by atoms with Crippen molar-refractivity contribution >= 4 is 21.4 Å². The predicted octanol–water partition coefficient (Wildman–Crippen LogP) is 2.30. The fourth-order valence-electron chi connectivity index (χ4n) is 1.23. The minimum Gasteiger partial charge on any atom is -0.447 e. The van der Waals surface area contributed by atoms with Crippen molar-refractivity contribution in [3.8, 4) is 0 Å². The first-order valence-electron chi connectivity index (χ1n) is 4.43. The first-order valence-corrected chi connectivity index (χ1v) is 6.47. The summed E-state index contributed by atoms with van der Waals surface area (Å²) in [5.41, 5.74) is 0. The van der Waals surface area contributed by atoms with Crippen molar-refractivity contribution < 1.29 is 12.8 Å². The zero-order chi connectivity index (χ0) is 11.6. The molecule has 0 radical (unpaired) electrons. The minimum atomic E-state index is -3.39. The molecule has 1 aromatic carbocycles. The highest BCUT2D eigenvalue weighted by molar-refractivity contribution is 7.90. The van der Waals surface area contributed by atoms with E-state index in [4.69, 9.17) is 16.0 Å². The van der Waals surface area contributed by atoms with Gasteiger partial charge in [0.2, 0.25) is 0 Å². The van der Waals surface area contributed by atoms with Crippen molar-refractivity contribution in [2.45, 2.75) is 10.6 Å². The van der Waals surface area contributed by atoms with Gasteiger partial charge in [0.15, 0.2) is 16.2 Å². The van der Waals surface area contributed by atoms with Crippen molar-refractivity contribution in [3.63, 3.8) is 0 Å². The fraction of sp³-hybridized carbons (Fsp3) is 0.100. The Bertz CT molecular complexity index is 561. The molecule has 0 fully saturated rings. The Balaban J connectivity index is 2.29. The highest BCUT2D eigenvalue weighted by Crippen LogP contribution is 2.18. The third kappa shape index (κ3) is 2.43. The molecule has 0 N–H and O–H groups in total. The van der Waals surface area contributed by atoms with E-state index in [-0.39, 0.29) is 10.6 Å². The Morgan fingerprint density at radius 3 is 2.50 bits per heavy atom. The topological polar surface area (TPSA) is 60.2 Å². The van der Waals surface area contributed by atoms with E-state index in [0.29, 0.717) is 10.8 Å². The van der Waals surface area contributed by atoms with Gasteiger partial charge >= 0.3 is 0 Å². The van der Waals surface area contributed by atoms with Crippen LogP contribution in [0.5, 0.6) is 0 Å². The second-order valence-corrected chi connectivity index (χ2v) is 5.61. The van der Waals surface area contributed by atoms with Crippen LogP contribution in [-0.4, -0.2) is 13.4 Å². The summed E-state index contributed by atoms with van der Waals surface area (Å²) in [6.45, 7) is 0. The van der Waals surface area contributed by atoms with Gasteiger partial charge < -0.3 is 4.42 Å². The normalized spacial score (nSPS) is 11.6. The van der Waals surface area contributed by atoms with Gasteiger partial charge in [0, 0.05) is 5.02 Å². The Kier molecular flexibility index (Phi) is 2.98. The molecular formula is C10H8ClNO3S. The molecule has 0 unspecified atom stereocenters. The molecule has 2 rings (SSSR count). The summed E-state index contributed by atoms with van der Waals surface area (Å²) in [4.78, 5) is 3.88.